The van der Waals surface area contributed by atoms with Crippen molar-refractivity contribution in [2.24, 2.45) is 5.92 Å². The van der Waals surface area contributed by atoms with Crippen LogP contribution in [0.4, 0.5) is 5.95 Å². The number of hydrogen-bond acceptors (Lipinski definition) is 7. The maximum absolute atomic E-state index is 12.3. The van der Waals surface area contributed by atoms with E-state index in [1.165, 1.54) is 11.8 Å². The number of morpholine rings is 1. The molecule has 3 rings (SSSR count). The first-order chi connectivity index (χ1) is 12.1. The molecule has 0 aromatic carbocycles. The summed E-state index contributed by atoms with van der Waals surface area (Å²) in [4.78, 5) is 14.4. The number of carbonyl (C=O) groups excluding carboxylic acids is 1. The number of nitriles is 1. The van der Waals surface area contributed by atoms with E-state index in [1.807, 2.05) is 11.5 Å². The third-order valence-electron chi connectivity index (χ3n) is 4.67. The van der Waals surface area contributed by atoms with Gasteiger partial charge in [-0.05, 0) is 32.6 Å². The van der Waals surface area contributed by atoms with Crippen LogP contribution in [-0.4, -0.2) is 58.3 Å². The van der Waals surface area contributed by atoms with Gasteiger partial charge in [0.2, 0.25) is 11.9 Å². The minimum atomic E-state index is -0.755. The minimum absolute atomic E-state index is 0.139. The van der Waals surface area contributed by atoms with E-state index in [2.05, 4.69) is 26.5 Å². The topological polar surface area (TPSA) is 96.1 Å². The molecule has 1 amide bonds. The van der Waals surface area contributed by atoms with Gasteiger partial charge in [0.1, 0.15) is 5.54 Å². The smallest absolute Gasteiger partial charge is 0.231 e. The molecule has 25 heavy (non-hydrogen) atoms. The highest BCUT2D eigenvalue weighted by Gasteiger charge is 2.43. The van der Waals surface area contributed by atoms with Gasteiger partial charge >= 0.3 is 0 Å². The van der Waals surface area contributed by atoms with Crippen LogP contribution in [0.2, 0.25) is 0 Å². The minimum Gasteiger partial charge on any atom is -0.378 e. The van der Waals surface area contributed by atoms with Gasteiger partial charge in [-0.1, -0.05) is 11.8 Å². The van der Waals surface area contributed by atoms with Gasteiger partial charge in [-0.3, -0.25) is 9.36 Å². The normalized spacial score (nSPS) is 20.0. The highest BCUT2D eigenvalue weighted by Crippen LogP contribution is 2.39. The number of carbonyl (C=O) groups is 1. The fourth-order valence-corrected chi connectivity index (χ4v) is 3.80. The molecule has 2 fully saturated rings. The van der Waals surface area contributed by atoms with Crippen LogP contribution >= 0.6 is 11.8 Å². The zero-order valence-electron chi connectivity index (χ0n) is 14.7. The lowest BCUT2D eigenvalue weighted by atomic mass is 9.98. The third kappa shape index (κ3) is 4.07. The highest BCUT2D eigenvalue weighted by atomic mass is 32.2. The molecular weight excluding hydrogens is 340 g/mol. The van der Waals surface area contributed by atoms with E-state index in [1.54, 1.807) is 6.92 Å². The standard InChI is InChI=1S/C16H24N6O2S/c1-3-22-14(21-6-8-24-9-7-21)19-20-15(22)25-10-13(23)18-16(2,11-17)12-4-5-12/h12H,3-10H2,1-2H3,(H,18,23)/t16-/m0/s1. The van der Waals surface area contributed by atoms with Gasteiger partial charge in [-0.15, -0.1) is 10.2 Å². The summed E-state index contributed by atoms with van der Waals surface area (Å²) in [6, 6.07) is 2.25. The summed E-state index contributed by atoms with van der Waals surface area (Å²) in [6.45, 7) is 7.55. The third-order valence-corrected chi connectivity index (χ3v) is 5.63. The molecule has 0 unspecified atom stereocenters. The Labute approximate surface area is 151 Å². The molecule has 8 nitrogen and oxygen atoms in total. The van der Waals surface area contributed by atoms with Crippen molar-refractivity contribution in [2.45, 2.75) is 43.9 Å². The van der Waals surface area contributed by atoms with Gasteiger partial charge in [0, 0.05) is 19.6 Å². The van der Waals surface area contributed by atoms with Crippen molar-refractivity contribution in [3.8, 4) is 6.07 Å². The average Bonchev–Trinajstić information content (AvgIpc) is 3.41. The highest BCUT2D eigenvalue weighted by molar-refractivity contribution is 7.99. The van der Waals surface area contributed by atoms with Gasteiger partial charge in [0.25, 0.3) is 0 Å². The molecule has 1 aromatic heterocycles. The summed E-state index contributed by atoms with van der Waals surface area (Å²) in [7, 11) is 0. The second-order valence-electron chi connectivity index (χ2n) is 6.55. The second kappa shape index (κ2) is 7.62. The van der Waals surface area contributed by atoms with Crippen LogP contribution < -0.4 is 10.2 Å². The lowest BCUT2D eigenvalue weighted by Gasteiger charge is -2.27. The van der Waals surface area contributed by atoms with Gasteiger partial charge in [-0.25, -0.2) is 0 Å². The Bertz CT molecular complexity index is 662. The predicted molar refractivity (Wildman–Crippen MR) is 94.3 cm³/mol. The Morgan fingerprint density at radius 1 is 1.44 bits per heavy atom. The number of thioether (sulfide) groups is 1. The zero-order chi connectivity index (χ0) is 17.9. The van der Waals surface area contributed by atoms with Crippen LogP contribution in [0.5, 0.6) is 0 Å². The first kappa shape index (κ1) is 18.0. The molecule has 1 aliphatic carbocycles. The number of ether oxygens (including phenoxy) is 1. The average molecular weight is 364 g/mol. The molecule has 0 bridgehead atoms. The maximum atomic E-state index is 12.3. The zero-order valence-corrected chi connectivity index (χ0v) is 15.5. The summed E-state index contributed by atoms with van der Waals surface area (Å²) < 4.78 is 7.40. The summed E-state index contributed by atoms with van der Waals surface area (Å²) >= 11 is 1.36. The quantitative estimate of drug-likeness (QED) is 0.722. The van der Waals surface area contributed by atoms with E-state index >= 15 is 0 Å². The fourth-order valence-electron chi connectivity index (χ4n) is 3.00. The molecule has 136 valence electrons. The fraction of sp³-hybridized carbons (Fsp3) is 0.750. The Morgan fingerprint density at radius 3 is 2.76 bits per heavy atom. The van der Waals surface area contributed by atoms with Crippen molar-refractivity contribution < 1.29 is 9.53 Å². The molecule has 1 saturated carbocycles. The summed E-state index contributed by atoms with van der Waals surface area (Å²) in [5, 5.41) is 21.5. The van der Waals surface area contributed by atoms with Gasteiger partial charge < -0.3 is 15.0 Å². The van der Waals surface area contributed by atoms with Crippen molar-refractivity contribution in [2.75, 3.05) is 37.0 Å². The SMILES string of the molecule is CCn1c(SCC(=O)N[C@@](C)(C#N)C2CC2)nnc1N1CCOCC1. The number of nitrogens with one attached hydrogen (secondary N) is 1. The van der Waals surface area contributed by atoms with E-state index < -0.39 is 5.54 Å². The molecule has 1 atom stereocenters. The van der Waals surface area contributed by atoms with E-state index in [0.717, 1.165) is 43.6 Å². The first-order valence-electron chi connectivity index (χ1n) is 8.68. The van der Waals surface area contributed by atoms with E-state index in [9.17, 15) is 10.1 Å². The van der Waals surface area contributed by atoms with Crippen molar-refractivity contribution >= 4 is 23.6 Å². The Hall–Kier alpha value is -1.79. The van der Waals surface area contributed by atoms with Crippen molar-refractivity contribution in [1.29, 1.82) is 5.26 Å². The van der Waals surface area contributed by atoms with Crippen molar-refractivity contribution in [3.05, 3.63) is 0 Å². The largest absolute Gasteiger partial charge is 0.378 e. The summed E-state index contributed by atoms with van der Waals surface area (Å²) in [5.74, 6) is 1.19. The van der Waals surface area contributed by atoms with Crippen LogP contribution in [-0.2, 0) is 16.1 Å². The molecule has 1 aromatic rings. The Morgan fingerprint density at radius 2 is 2.16 bits per heavy atom. The molecule has 2 heterocycles. The van der Waals surface area contributed by atoms with Crippen LogP contribution in [0.1, 0.15) is 26.7 Å². The molecule has 1 saturated heterocycles. The van der Waals surface area contributed by atoms with E-state index in [-0.39, 0.29) is 17.6 Å². The van der Waals surface area contributed by atoms with E-state index in [4.69, 9.17) is 4.74 Å². The lowest BCUT2D eigenvalue weighted by molar-refractivity contribution is -0.119. The van der Waals surface area contributed by atoms with Gasteiger partial charge in [-0.2, -0.15) is 5.26 Å². The van der Waals surface area contributed by atoms with Crippen LogP contribution in [0.3, 0.4) is 0 Å². The van der Waals surface area contributed by atoms with Crippen LogP contribution in [0.25, 0.3) is 0 Å². The number of amides is 1. The van der Waals surface area contributed by atoms with Crippen LogP contribution in [0.15, 0.2) is 5.16 Å². The maximum Gasteiger partial charge on any atom is 0.231 e. The number of rotatable bonds is 7. The van der Waals surface area contributed by atoms with Crippen molar-refractivity contribution in [1.82, 2.24) is 20.1 Å². The first-order valence-corrected chi connectivity index (χ1v) is 9.67. The predicted octanol–water partition coefficient (Wildman–Crippen LogP) is 1.04. The molecule has 1 N–H and O–H groups in total. The number of nitrogens with zero attached hydrogens (tertiary/aromatic N) is 5. The number of anilines is 1. The molecule has 1 aliphatic heterocycles. The van der Waals surface area contributed by atoms with Gasteiger partial charge in [0.15, 0.2) is 5.16 Å². The lowest BCUT2D eigenvalue weighted by Crippen LogP contribution is -2.47. The number of hydrogen-bond donors (Lipinski definition) is 1. The van der Waals surface area contributed by atoms with E-state index in [0.29, 0.717) is 13.2 Å². The van der Waals surface area contributed by atoms with Crippen LogP contribution in [0, 0.1) is 17.2 Å². The molecule has 0 radical (unpaired) electrons. The second-order valence-corrected chi connectivity index (χ2v) is 7.49. The molecule has 2 aliphatic rings. The monoisotopic (exact) mass is 364 g/mol. The Kier molecular flexibility index (Phi) is 5.49. The molecule has 9 heteroatoms. The summed E-state index contributed by atoms with van der Waals surface area (Å²) in [5.41, 5.74) is -0.755. The summed E-state index contributed by atoms with van der Waals surface area (Å²) in [6.07, 6.45) is 2.01. The van der Waals surface area contributed by atoms with Crippen molar-refractivity contribution in [3.63, 3.8) is 0 Å². The number of aromatic nitrogens is 3. The Balaban J connectivity index is 1.60. The van der Waals surface area contributed by atoms with Gasteiger partial charge in [0.05, 0.1) is 25.0 Å². The molecular formula is C16H24N6O2S. The molecule has 0 spiro atoms.